The first-order chi connectivity index (χ1) is 13.9. The van der Waals surface area contributed by atoms with Gasteiger partial charge in [0.2, 0.25) is 5.91 Å². The molecule has 0 aromatic carbocycles. The van der Waals surface area contributed by atoms with E-state index in [0.717, 1.165) is 76.7 Å². The van der Waals surface area contributed by atoms with Gasteiger partial charge in [-0.3, -0.25) is 9.69 Å². The maximum atomic E-state index is 11.5. The molecule has 7 heteroatoms. The van der Waals surface area contributed by atoms with Gasteiger partial charge in [-0.05, 0) is 37.0 Å². The van der Waals surface area contributed by atoms with Gasteiger partial charge in [-0.25, -0.2) is 0 Å². The van der Waals surface area contributed by atoms with Gasteiger partial charge in [0, 0.05) is 51.3 Å². The van der Waals surface area contributed by atoms with E-state index in [1.807, 2.05) is 4.90 Å². The normalized spacial score (nSPS) is 28.3. The number of likely N-dealkylation sites (tertiary alicyclic amines) is 1. The molecule has 1 aromatic heterocycles. The third-order valence-electron chi connectivity index (χ3n) is 7.39. The van der Waals surface area contributed by atoms with Crippen LogP contribution in [0.15, 0.2) is 10.6 Å². The molecule has 3 heterocycles. The first-order valence-corrected chi connectivity index (χ1v) is 11.2. The maximum Gasteiger partial charge on any atom is 0.219 e. The van der Waals surface area contributed by atoms with Crippen molar-refractivity contribution >= 4 is 5.91 Å². The Morgan fingerprint density at radius 2 is 1.97 bits per heavy atom. The lowest BCUT2D eigenvalue weighted by atomic mass is 9.57. The molecular weight excluding hydrogens is 368 g/mol. The van der Waals surface area contributed by atoms with Gasteiger partial charge in [-0.15, -0.1) is 0 Å². The monoisotopic (exact) mass is 404 g/mol. The van der Waals surface area contributed by atoms with Crippen molar-refractivity contribution in [1.82, 2.24) is 20.3 Å². The molecule has 0 unspecified atom stereocenters. The molecule has 29 heavy (non-hydrogen) atoms. The number of carbonyl (C=O) groups is 1. The maximum absolute atomic E-state index is 11.5. The highest BCUT2D eigenvalue weighted by Gasteiger charge is 2.48. The fourth-order valence-electron chi connectivity index (χ4n) is 5.05. The number of nitrogens with zero attached hydrogens (tertiary/aromatic N) is 3. The van der Waals surface area contributed by atoms with Crippen LogP contribution in [0.4, 0.5) is 0 Å². The number of hydrogen-bond donors (Lipinski definition) is 1. The largest absolute Gasteiger partial charge is 0.379 e. The Kier molecular flexibility index (Phi) is 6.27. The second kappa shape index (κ2) is 8.74. The Bertz CT molecular complexity index is 690. The highest BCUT2D eigenvalue weighted by atomic mass is 16.5. The van der Waals surface area contributed by atoms with Gasteiger partial charge in [0.25, 0.3) is 0 Å². The van der Waals surface area contributed by atoms with Crippen LogP contribution in [0.1, 0.15) is 51.5 Å². The molecule has 2 atom stereocenters. The average Bonchev–Trinajstić information content (AvgIpc) is 3.15. The van der Waals surface area contributed by atoms with Crippen LogP contribution in [-0.2, 0) is 22.5 Å². The highest BCUT2D eigenvalue weighted by molar-refractivity contribution is 5.73. The molecule has 0 spiro atoms. The molecule has 4 rings (SSSR count). The van der Waals surface area contributed by atoms with Crippen LogP contribution < -0.4 is 5.32 Å². The molecule has 0 bridgehead atoms. The van der Waals surface area contributed by atoms with E-state index in [2.05, 4.69) is 35.3 Å². The van der Waals surface area contributed by atoms with Gasteiger partial charge in [-0.2, -0.15) is 0 Å². The zero-order valence-corrected chi connectivity index (χ0v) is 18.2. The molecule has 2 aliphatic heterocycles. The highest BCUT2D eigenvalue weighted by Crippen LogP contribution is 2.48. The lowest BCUT2D eigenvalue weighted by Gasteiger charge is -2.54. The smallest absolute Gasteiger partial charge is 0.219 e. The van der Waals surface area contributed by atoms with E-state index in [1.165, 1.54) is 6.42 Å². The van der Waals surface area contributed by atoms with Gasteiger partial charge < -0.3 is 19.5 Å². The number of piperidine rings is 1. The zero-order chi connectivity index (χ0) is 20.4. The van der Waals surface area contributed by atoms with Crippen LogP contribution in [-0.4, -0.2) is 72.3 Å². The minimum absolute atomic E-state index is 0.202. The molecule has 2 saturated heterocycles. The van der Waals surface area contributed by atoms with E-state index in [-0.39, 0.29) is 11.3 Å². The van der Waals surface area contributed by atoms with Crippen molar-refractivity contribution in [3.05, 3.63) is 17.5 Å². The molecule has 0 radical (unpaired) electrons. The number of aromatic nitrogens is 1. The summed E-state index contributed by atoms with van der Waals surface area (Å²) in [7, 11) is 0. The summed E-state index contributed by atoms with van der Waals surface area (Å²) < 4.78 is 11.0. The average molecular weight is 405 g/mol. The second-order valence-electron chi connectivity index (χ2n) is 9.63. The molecule has 1 amide bonds. The number of amides is 1. The van der Waals surface area contributed by atoms with Crippen LogP contribution >= 0.6 is 0 Å². The number of hydrogen-bond acceptors (Lipinski definition) is 6. The van der Waals surface area contributed by atoms with E-state index in [1.54, 1.807) is 6.92 Å². The van der Waals surface area contributed by atoms with Crippen molar-refractivity contribution in [1.29, 1.82) is 0 Å². The Labute approximate surface area is 174 Å². The summed E-state index contributed by atoms with van der Waals surface area (Å²) in [5, 5.41) is 8.22. The standard InChI is InChI=1S/C22H36N4O3/c1-16(27)26-6-4-18(5-7-26)23-21-13-17(22(21,2)3)12-19-14-20(29-24-19)15-25-8-10-28-11-9-25/h14,17-18,21,23H,4-13,15H2,1-3H3/t17-,21+/m1/s1. The summed E-state index contributed by atoms with van der Waals surface area (Å²) >= 11 is 0. The van der Waals surface area contributed by atoms with Crippen LogP contribution in [0.5, 0.6) is 0 Å². The summed E-state index contributed by atoms with van der Waals surface area (Å²) in [5.74, 6) is 1.79. The lowest BCUT2D eigenvalue weighted by Crippen LogP contribution is -2.61. The Hall–Kier alpha value is -1.44. The van der Waals surface area contributed by atoms with Crippen molar-refractivity contribution in [3.8, 4) is 0 Å². The van der Waals surface area contributed by atoms with Gasteiger partial charge in [0.05, 0.1) is 25.5 Å². The molecule has 162 valence electrons. The van der Waals surface area contributed by atoms with Crippen molar-refractivity contribution in [2.45, 2.75) is 65.1 Å². The summed E-state index contributed by atoms with van der Waals surface area (Å²) in [5.41, 5.74) is 1.33. The fraction of sp³-hybridized carbons (Fsp3) is 0.818. The molecule has 1 aromatic rings. The number of rotatable bonds is 6. The molecule has 7 nitrogen and oxygen atoms in total. The van der Waals surface area contributed by atoms with E-state index in [0.29, 0.717) is 18.0 Å². The van der Waals surface area contributed by atoms with E-state index in [9.17, 15) is 4.79 Å². The molecule has 1 aliphatic carbocycles. The number of carbonyl (C=O) groups excluding carboxylic acids is 1. The van der Waals surface area contributed by atoms with Gasteiger partial charge in [0.15, 0.2) is 5.76 Å². The van der Waals surface area contributed by atoms with Crippen LogP contribution in [0.25, 0.3) is 0 Å². The third kappa shape index (κ3) is 4.84. The van der Waals surface area contributed by atoms with Crippen LogP contribution in [0.2, 0.25) is 0 Å². The number of ether oxygens (including phenoxy) is 1. The molecule has 3 aliphatic rings. The molecular formula is C22H36N4O3. The first-order valence-electron chi connectivity index (χ1n) is 11.2. The van der Waals surface area contributed by atoms with E-state index in [4.69, 9.17) is 9.26 Å². The Morgan fingerprint density at radius 3 is 2.62 bits per heavy atom. The predicted octanol–water partition coefficient (Wildman–Crippen LogP) is 2.06. The summed E-state index contributed by atoms with van der Waals surface area (Å²) in [6.07, 6.45) is 4.29. The summed E-state index contributed by atoms with van der Waals surface area (Å²) in [6.45, 7) is 12.5. The SMILES string of the molecule is CC(=O)N1CCC(N[C@H]2C[C@@H](Cc3cc(CN4CCOCC4)on3)C2(C)C)CC1. The minimum Gasteiger partial charge on any atom is -0.379 e. The lowest BCUT2D eigenvalue weighted by molar-refractivity contribution is -0.130. The Morgan fingerprint density at radius 1 is 1.24 bits per heavy atom. The van der Waals surface area contributed by atoms with E-state index < -0.39 is 0 Å². The fourth-order valence-corrected chi connectivity index (χ4v) is 5.05. The van der Waals surface area contributed by atoms with Gasteiger partial charge >= 0.3 is 0 Å². The van der Waals surface area contributed by atoms with Crippen LogP contribution in [0, 0.1) is 11.3 Å². The van der Waals surface area contributed by atoms with Gasteiger partial charge in [0.1, 0.15) is 0 Å². The third-order valence-corrected chi connectivity index (χ3v) is 7.39. The second-order valence-corrected chi connectivity index (χ2v) is 9.63. The topological polar surface area (TPSA) is 70.8 Å². The van der Waals surface area contributed by atoms with Gasteiger partial charge in [-0.1, -0.05) is 19.0 Å². The zero-order valence-electron chi connectivity index (χ0n) is 18.2. The van der Waals surface area contributed by atoms with Crippen LogP contribution in [0.3, 0.4) is 0 Å². The number of morpholine rings is 1. The predicted molar refractivity (Wildman–Crippen MR) is 110 cm³/mol. The first kappa shape index (κ1) is 20.8. The number of nitrogens with one attached hydrogen (secondary N) is 1. The molecule has 3 fully saturated rings. The summed E-state index contributed by atoms with van der Waals surface area (Å²) in [4.78, 5) is 15.8. The quantitative estimate of drug-likeness (QED) is 0.783. The van der Waals surface area contributed by atoms with Crippen molar-refractivity contribution in [3.63, 3.8) is 0 Å². The minimum atomic E-state index is 0.202. The van der Waals surface area contributed by atoms with E-state index >= 15 is 0 Å². The Balaban J connectivity index is 1.23. The molecule has 1 N–H and O–H groups in total. The molecule has 1 saturated carbocycles. The van der Waals surface area contributed by atoms with Crippen molar-refractivity contribution < 1.29 is 14.1 Å². The van der Waals surface area contributed by atoms with Crippen molar-refractivity contribution in [2.24, 2.45) is 11.3 Å². The summed E-state index contributed by atoms with van der Waals surface area (Å²) in [6, 6.07) is 3.22. The van der Waals surface area contributed by atoms with Crippen molar-refractivity contribution in [2.75, 3.05) is 39.4 Å².